The van der Waals surface area contributed by atoms with Crippen LogP contribution in [0.25, 0.3) is 0 Å². The smallest absolute Gasteiger partial charge is 0.320 e. The van der Waals surface area contributed by atoms with Gasteiger partial charge in [0.2, 0.25) is 0 Å². The number of nitro groups is 1. The van der Waals surface area contributed by atoms with Crippen molar-refractivity contribution in [1.29, 1.82) is 0 Å². The summed E-state index contributed by atoms with van der Waals surface area (Å²) in [6, 6.07) is 6.01. The van der Waals surface area contributed by atoms with E-state index in [9.17, 15) is 14.9 Å². The number of morpholine rings is 1. The Balaban J connectivity index is 1.82. The second kappa shape index (κ2) is 8.44. The van der Waals surface area contributed by atoms with Crippen LogP contribution < -0.4 is 4.74 Å². The molecule has 1 aromatic carbocycles. The van der Waals surface area contributed by atoms with E-state index >= 15 is 0 Å². The lowest BCUT2D eigenvalue weighted by Crippen LogP contribution is -2.47. The Hall–Kier alpha value is -2.19. The summed E-state index contributed by atoms with van der Waals surface area (Å²) < 4.78 is 16.1. The molecule has 0 spiro atoms. The second-order valence-corrected chi connectivity index (χ2v) is 5.10. The van der Waals surface area contributed by atoms with Crippen LogP contribution in [-0.4, -0.2) is 61.4 Å². The molecular formula is C15H20N2O6. The highest BCUT2D eigenvalue weighted by molar-refractivity contribution is 5.71. The number of hydrogen-bond donors (Lipinski definition) is 0. The molecule has 1 aromatic rings. The van der Waals surface area contributed by atoms with E-state index in [-0.39, 0.29) is 30.9 Å². The van der Waals surface area contributed by atoms with Crippen molar-refractivity contribution in [1.82, 2.24) is 4.90 Å². The van der Waals surface area contributed by atoms with Gasteiger partial charge in [0.05, 0.1) is 30.7 Å². The number of carbonyl (C=O) groups excluding carboxylic acids is 1. The Labute approximate surface area is 134 Å². The second-order valence-electron chi connectivity index (χ2n) is 5.10. The van der Waals surface area contributed by atoms with Gasteiger partial charge in [0.15, 0.2) is 0 Å². The molecule has 0 unspecified atom stereocenters. The third kappa shape index (κ3) is 5.50. The predicted octanol–water partition coefficient (Wildman–Crippen LogP) is 1.24. The number of ether oxygens (including phenoxy) is 3. The fourth-order valence-corrected chi connectivity index (χ4v) is 2.29. The maximum absolute atomic E-state index is 11.5. The first-order valence-corrected chi connectivity index (χ1v) is 7.45. The zero-order valence-corrected chi connectivity index (χ0v) is 13.0. The molecule has 0 radical (unpaired) electrons. The Kier molecular flexibility index (Phi) is 6.30. The van der Waals surface area contributed by atoms with E-state index in [1.165, 1.54) is 12.1 Å². The lowest BCUT2D eigenvalue weighted by Gasteiger charge is -2.31. The summed E-state index contributed by atoms with van der Waals surface area (Å²) in [6.45, 7) is 4.34. The summed E-state index contributed by atoms with van der Waals surface area (Å²) in [5.41, 5.74) is -0.0176. The molecule has 0 N–H and O–H groups in total. The van der Waals surface area contributed by atoms with Gasteiger partial charge in [-0.3, -0.25) is 19.8 Å². The van der Waals surface area contributed by atoms with Crippen LogP contribution in [0, 0.1) is 10.1 Å². The number of carbonyl (C=O) groups is 1. The number of nitro benzene ring substituents is 1. The molecule has 0 amide bonds. The highest BCUT2D eigenvalue weighted by atomic mass is 16.6. The van der Waals surface area contributed by atoms with E-state index in [0.29, 0.717) is 32.1 Å². The van der Waals surface area contributed by atoms with Gasteiger partial charge in [-0.15, -0.1) is 0 Å². The predicted molar refractivity (Wildman–Crippen MR) is 81.4 cm³/mol. The molecule has 8 nitrogen and oxygen atoms in total. The summed E-state index contributed by atoms with van der Waals surface area (Å²) in [6.07, 6.45) is -0.197. The van der Waals surface area contributed by atoms with Crippen LogP contribution in [0.4, 0.5) is 5.69 Å². The lowest BCUT2D eigenvalue weighted by atomic mass is 10.2. The fourth-order valence-electron chi connectivity index (χ4n) is 2.29. The van der Waals surface area contributed by atoms with Gasteiger partial charge in [-0.1, -0.05) is 6.07 Å². The normalized spacial score (nSPS) is 18.4. The van der Waals surface area contributed by atoms with Gasteiger partial charge in [0.25, 0.3) is 5.69 Å². The Bertz CT molecular complexity index is 551. The zero-order valence-electron chi connectivity index (χ0n) is 13.0. The number of rotatable bonds is 7. The molecule has 1 atom stereocenters. The summed E-state index contributed by atoms with van der Waals surface area (Å²) in [5, 5.41) is 10.7. The number of nitrogens with zero attached hydrogens (tertiary/aromatic N) is 2. The minimum Gasteiger partial charge on any atom is -0.491 e. The van der Waals surface area contributed by atoms with E-state index in [0.717, 1.165) is 0 Å². The Morgan fingerprint density at radius 2 is 2.35 bits per heavy atom. The molecule has 2 rings (SSSR count). The van der Waals surface area contributed by atoms with Gasteiger partial charge in [-0.25, -0.2) is 0 Å². The van der Waals surface area contributed by atoms with Crippen LogP contribution >= 0.6 is 0 Å². The van der Waals surface area contributed by atoms with E-state index in [1.54, 1.807) is 19.1 Å². The quantitative estimate of drug-likeness (QED) is 0.423. The summed E-state index contributed by atoms with van der Waals surface area (Å²) in [4.78, 5) is 23.7. The van der Waals surface area contributed by atoms with Crippen LogP contribution in [0.5, 0.6) is 5.75 Å². The Morgan fingerprint density at radius 3 is 3.09 bits per heavy atom. The van der Waals surface area contributed by atoms with Gasteiger partial charge in [0, 0.05) is 19.2 Å². The summed E-state index contributed by atoms with van der Waals surface area (Å²) in [7, 11) is 0. The molecule has 8 heteroatoms. The number of esters is 1. The van der Waals surface area contributed by atoms with Crippen LogP contribution in [0.3, 0.4) is 0 Å². The number of non-ortho nitro benzene ring substituents is 1. The number of hydrogen-bond acceptors (Lipinski definition) is 7. The van der Waals surface area contributed by atoms with Crippen molar-refractivity contribution < 1.29 is 23.9 Å². The molecule has 0 saturated carbocycles. The number of benzene rings is 1. The van der Waals surface area contributed by atoms with Crippen LogP contribution in [-0.2, 0) is 14.3 Å². The topological polar surface area (TPSA) is 91.1 Å². The van der Waals surface area contributed by atoms with E-state index in [1.807, 2.05) is 4.90 Å². The maximum Gasteiger partial charge on any atom is 0.320 e. The molecule has 1 heterocycles. The molecule has 1 aliphatic rings. The molecule has 1 aliphatic heterocycles. The van der Waals surface area contributed by atoms with Crippen molar-refractivity contribution in [3.05, 3.63) is 34.4 Å². The fraction of sp³-hybridized carbons (Fsp3) is 0.533. The summed E-state index contributed by atoms with van der Waals surface area (Å²) >= 11 is 0. The highest BCUT2D eigenvalue weighted by Gasteiger charge is 2.23. The van der Waals surface area contributed by atoms with Crippen molar-refractivity contribution in [3.63, 3.8) is 0 Å². The van der Waals surface area contributed by atoms with Gasteiger partial charge in [-0.2, -0.15) is 0 Å². The molecule has 0 aliphatic carbocycles. The maximum atomic E-state index is 11.5. The largest absolute Gasteiger partial charge is 0.491 e. The van der Waals surface area contributed by atoms with Gasteiger partial charge < -0.3 is 14.2 Å². The van der Waals surface area contributed by atoms with Crippen LogP contribution in [0.15, 0.2) is 24.3 Å². The average Bonchev–Trinajstić information content (AvgIpc) is 2.54. The molecule has 0 bridgehead atoms. The molecule has 1 saturated heterocycles. The van der Waals surface area contributed by atoms with Gasteiger partial charge in [-0.05, 0) is 13.0 Å². The van der Waals surface area contributed by atoms with E-state index in [2.05, 4.69) is 0 Å². The monoisotopic (exact) mass is 324 g/mol. The van der Waals surface area contributed by atoms with E-state index < -0.39 is 4.92 Å². The van der Waals surface area contributed by atoms with E-state index in [4.69, 9.17) is 14.2 Å². The SMILES string of the molecule is CCOC(=O)CN1CCO[C@@H](COc2cccc([N+](=O)[O-])c2)C1. The standard InChI is InChI=1S/C15H20N2O6/c1-2-21-15(18)10-16-6-7-22-14(9-16)11-23-13-5-3-4-12(8-13)17(19)20/h3-5,8,14H,2,6-7,9-11H2,1H3/t14-/m1/s1. The molecular weight excluding hydrogens is 304 g/mol. The van der Waals surface area contributed by atoms with Gasteiger partial charge in [0.1, 0.15) is 18.5 Å². The molecule has 1 fully saturated rings. The van der Waals surface area contributed by atoms with Crippen LogP contribution in [0.1, 0.15) is 6.92 Å². The van der Waals surface area contributed by atoms with Crippen molar-refractivity contribution in [3.8, 4) is 5.75 Å². The lowest BCUT2D eigenvalue weighted by molar-refractivity contribution is -0.384. The first kappa shape index (κ1) is 17.2. The highest BCUT2D eigenvalue weighted by Crippen LogP contribution is 2.19. The van der Waals surface area contributed by atoms with Crippen molar-refractivity contribution in [2.45, 2.75) is 13.0 Å². The molecule has 23 heavy (non-hydrogen) atoms. The first-order valence-electron chi connectivity index (χ1n) is 7.45. The minimum absolute atomic E-state index is 0.0176. The Morgan fingerprint density at radius 1 is 1.52 bits per heavy atom. The molecule has 0 aromatic heterocycles. The molecule has 126 valence electrons. The third-order valence-corrected chi connectivity index (χ3v) is 3.35. The van der Waals surface area contributed by atoms with Gasteiger partial charge >= 0.3 is 5.97 Å². The minimum atomic E-state index is -0.467. The zero-order chi connectivity index (χ0) is 16.7. The van der Waals surface area contributed by atoms with Crippen molar-refractivity contribution >= 4 is 11.7 Å². The van der Waals surface area contributed by atoms with Crippen LogP contribution in [0.2, 0.25) is 0 Å². The summed E-state index contributed by atoms with van der Waals surface area (Å²) in [5.74, 6) is 0.165. The van der Waals surface area contributed by atoms with Crippen molar-refractivity contribution in [2.24, 2.45) is 0 Å². The average molecular weight is 324 g/mol. The van der Waals surface area contributed by atoms with Crippen molar-refractivity contribution in [2.75, 3.05) is 39.5 Å². The third-order valence-electron chi connectivity index (χ3n) is 3.35. The first-order chi connectivity index (χ1) is 11.1.